The highest BCUT2D eigenvalue weighted by atomic mass is 19.1. The summed E-state index contributed by atoms with van der Waals surface area (Å²) in [4.78, 5) is 4.21. The smallest absolute Gasteiger partial charge is 0.131 e. The molecule has 16 heavy (non-hydrogen) atoms. The van der Waals surface area contributed by atoms with Crippen LogP contribution in [0, 0.1) is 12.7 Å². The van der Waals surface area contributed by atoms with E-state index in [1.165, 1.54) is 11.6 Å². The third kappa shape index (κ3) is 2.54. The fourth-order valence-electron chi connectivity index (χ4n) is 1.35. The van der Waals surface area contributed by atoms with Crippen LogP contribution in [-0.4, -0.2) is 6.21 Å². The third-order valence-electron chi connectivity index (χ3n) is 2.29. The van der Waals surface area contributed by atoms with E-state index < -0.39 is 0 Å². The fraction of sp³-hybridized carbons (Fsp3) is 0.0714. The largest absolute Gasteiger partial charge is 0.256 e. The van der Waals surface area contributed by atoms with Crippen LogP contribution in [0.2, 0.25) is 0 Å². The van der Waals surface area contributed by atoms with Gasteiger partial charge < -0.3 is 0 Å². The Morgan fingerprint density at radius 3 is 2.38 bits per heavy atom. The predicted octanol–water partition coefficient (Wildman–Crippen LogP) is 3.88. The minimum absolute atomic E-state index is 0.252. The van der Waals surface area contributed by atoms with Gasteiger partial charge in [-0.3, -0.25) is 4.99 Å². The predicted molar refractivity (Wildman–Crippen MR) is 64.8 cm³/mol. The van der Waals surface area contributed by atoms with Crippen LogP contribution < -0.4 is 0 Å². The first-order valence-electron chi connectivity index (χ1n) is 5.11. The van der Waals surface area contributed by atoms with E-state index in [-0.39, 0.29) is 5.82 Å². The lowest BCUT2D eigenvalue weighted by Gasteiger charge is -1.96. The van der Waals surface area contributed by atoms with Gasteiger partial charge in [0.2, 0.25) is 0 Å². The molecule has 0 amide bonds. The highest BCUT2D eigenvalue weighted by Gasteiger charge is 1.95. The van der Waals surface area contributed by atoms with Gasteiger partial charge in [0.25, 0.3) is 0 Å². The Bertz CT molecular complexity index is 500. The summed E-state index contributed by atoms with van der Waals surface area (Å²) >= 11 is 0. The van der Waals surface area contributed by atoms with E-state index in [9.17, 15) is 4.39 Å². The molecule has 0 N–H and O–H groups in total. The first-order chi connectivity index (χ1) is 7.75. The van der Waals surface area contributed by atoms with Crippen LogP contribution in [0.15, 0.2) is 53.5 Å². The SMILES string of the molecule is Cc1ccc(/N=C/c2ccccc2F)cc1. The Labute approximate surface area is 94.3 Å². The van der Waals surface area contributed by atoms with Crippen LogP contribution in [0.1, 0.15) is 11.1 Å². The van der Waals surface area contributed by atoms with Crippen molar-refractivity contribution in [3.8, 4) is 0 Å². The molecule has 2 rings (SSSR count). The van der Waals surface area contributed by atoms with E-state index in [4.69, 9.17) is 0 Å². The number of rotatable bonds is 2. The Morgan fingerprint density at radius 1 is 1.00 bits per heavy atom. The van der Waals surface area contributed by atoms with Gasteiger partial charge in [-0.25, -0.2) is 4.39 Å². The van der Waals surface area contributed by atoms with E-state index in [1.54, 1.807) is 24.4 Å². The fourth-order valence-corrected chi connectivity index (χ4v) is 1.35. The topological polar surface area (TPSA) is 12.4 Å². The maximum atomic E-state index is 13.3. The Kier molecular flexibility index (Phi) is 3.10. The van der Waals surface area contributed by atoms with Crippen LogP contribution in [0.5, 0.6) is 0 Å². The van der Waals surface area contributed by atoms with Crippen molar-refractivity contribution in [1.82, 2.24) is 0 Å². The van der Waals surface area contributed by atoms with Crippen molar-refractivity contribution >= 4 is 11.9 Å². The Hall–Kier alpha value is -1.96. The Morgan fingerprint density at radius 2 is 1.69 bits per heavy atom. The van der Waals surface area contributed by atoms with Gasteiger partial charge in [0.15, 0.2) is 0 Å². The zero-order valence-electron chi connectivity index (χ0n) is 9.02. The maximum absolute atomic E-state index is 13.3. The second kappa shape index (κ2) is 4.71. The van der Waals surface area contributed by atoms with E-state index in [2.05, 4.69) is 4.99 Å². The molecule has 80 valence electrons. The number of aryl methyl sites for hydroxylation is 1. The average Bonchev–Trinajstić information content (AvgIpc) is 2.30. The molecule has 0 atom stereocenters. The van der Waals surface area contributed by atoms with Crippen LogP contribution in [0.4, 0.5) is 10.1 Å². The van der Waals surface area contributed by atoms with Crippen molar-refractivity contribution in [2.75, 3.05) is 0 Å². The summed E-state index contributed by atoms with van der Waals surface area (Å²) in [5.41, 5.74) is 2.52. The monoisotopic (exact) mass is 213 g/mol. The molecule has 0 heterocycles. The van der Waals surface area contributed by atoms with E-state index in [0.29, 0.717) is 5.56 Å². The molecule has 2 heteroatoms. The summed E-state index contributed by atoms with van der Waals surface area (Å²) < 4.78 is 13.3. The molecule has 0 saturated carbocycles. The van der Waals surface area contributed by atoms with Crippen molar-refractivity contribution < 1.29 is 4.39 Å². The second-order valence-corrected chi connectivity index (χ2v) is 3.62. The van der Waals surface area contributed by atoms with Crippen LogP contribution in [-0.2, 0) is 0 Å². The highest BCUT2D eigenvalue weighted by molar-refractivity contribution is 5.82. The molecule has 0 saturated heterocycles. The summed E-state index contributed by atoms with van der Waals surface area (Å²) in [6.07, 6.45) is 1.54. The molecule has 2 aromatic carbocycles. The third-order valence-corrected chi connectivity index (χ3v) is 2.29. The Balaban J connectivity index is 2.21. The molecule has 0 bridgehead atoms. The minimum Gasteiger partial charge on any atom is -0.256 e. The molecule has 0 unspecified atom stereocenters. The summed E-state index contributed by atoms with van der Waals surface area (Å²) in [6, 6.07) is 14.4. The summed E-state index contributed by atoms with van der Waals surface area (Å²) in [7, 11) is 0. The first-order valence-corrected chi connectivity index (χ1v) is 5.11. The van der Waals surface area contributed by atoms with Gasteiger partial charge in [0, 0.05) is 11.8 Å². The van der Waals surface area contributed by atoms with Gasteiger partial charge in [-0.15, -0.1) is 0 Å². The number of nitrogens with zero attached hydrogens (tertiary/aromatic N) is 1. The molecule has 0 aromatic heterocycles. The van der Waals surface area contributed by atoms with E-state index in [0.717, 1.165) is 5.69 Å². The van der Waals surface area contributed by atoms with Gasteiger partial charge in [-0.05, 0) is 25.1 Å². The summed E-state index contributed by atoms with van der Waals surface area (Å²) in [5.74, 6) is -0.252. The average molecular weight is 213 g/mol. The van der Waals surface area contributed by atoms with Crippen LogP contribution >= 0.6 is 0 Å². The number of benzene rings is 2. The molecular formula is C14H12FN. The van der Waals surface area contributed by atoms with Crippen LogP contribution in [0.25, 0.3) is 0 Å². The standard InChI is InChI=1S/C14H12FN/c1-11-6-8-13(9-7-11)16-10-12-4-2-3-5-14(12)15/h2-10H,1H3/b16-10+. The summed E-state index contributed by atoms with van der Waals surface area (Å²) in [6.45, 7) is 2.02. The molecule has 0 spiro atoms. The van der Waals surface area contributed by atoms with Gasteiger partial charge in [0.05, 0.1) is 5.69 Å². The molecular weight excluding hydrogens is 201 g/mol. The zero-order valence-corrected chi connectivity index (χ0v) is 9.02. The summed E-state index contributed by atoms with van der Waals surface area (Å²) in [5, 5.41) is 0. The van der Waals surface area contributed by atoms with E-state index >= 15 is 0 Å². The van der Waals surface area contributed by atoms with Crippen LogP contribution in [0.3, 0.4) is 0 Å². The van der Waals surface area contributed by atoms with Crippen molar-refractivity contribution in [3.05, 3.63) is 65.5 Å². The number of aliphatic imine (C=N–C) groups is 1. The lowest BCUT2D eigenvalue weighted by atomic mass is 10.2. The lowest BCUT2D eigenvalue weighted by Crippen LogP contribution is -1.85. The normalized spacial score (nSPS) is 10.9. The highest BCUT2D eigenvalue weighted by Crippen LogP contribution is 2.13. The van der Waals surface area contributed by atoms with Crippen molar-refractivity contribution in [1.29, 1.82) is 0 Å². The minimum atomic E-state index is -0.252. The first kappa shape index (κ1) is 10.6. The van der Waals surface area contributed by atoms with Gasteiger partial charge in [-0.1, -0.05) is 35.9 Å². The molecule has 2 aromatic rings. The lowest BCUT2D eigenvalue weighted by molar-refractivity contribution is 0.626. The van der Waals surface area contributed by atoms with Crippen molar-refractivity contribution in [3.63, 3.8) is 0 Å². The second-order valence-electron chi connectivity index (χ2n) is 3.62. The molecule has 0 aliphatic carbocycles. The van der Waals surface area contributed by atoms with Gasteiger partial charge in [-0.2, -0.15) is 0 Å². The molecule has 0 radical (unpaired) electrons. The number of hydrogen-bond donors (Lipinski definition) is 0. The quantitative estimate of drug-likeness (QED) is 0.671. The van der Waals surface area contributed by atoms with Gasteiger partial charge in [0.1, 0.15) is 5.82 Å². The molecule has 0 aliphatic rings. The zero-order chi connectivity index (χ0) is 11.4. The van der Waals surface area contributed by atoms with E-state index in [1.807, 2.05) is 31.2 Å². The molecule has 0 fully saturated rings. The molecule has 1 nitrogen and oxygen atoms in total. The van der Waals surface area contributed by atoms with Gasteiger partial charge >= 0.3 is 0 Å². The van der Waals surface area contributed by atoms with Crippen molar-refractivity contribution in [2.45, 2.75) is 6.92 Å². The number of halogens is 1. The number of hydrogen-bond acceptors (Lipinski definition) is 1. The van der Waals surface area contributed by atoms with Crippen molar-refractivity contribution in [2.24, 2.45) is 4.99 Å². The molecule has 0 aliphatic heterocycles. The maximum Gasteiger partial charge on any atom is 0.131 e.